The van der Waals surface area contributed by atoms with Gasteiger partial charge in [-0.15, -0.1) is 0 Å². The van der Waals surface area contributed by atoms with Crippen molar-refractivity contribution in [2.75, 3.05) is 39.9 Å². The summed E-state index contributed by atoms with van der Waals surface area (Å²) in [5.74, 6) is 0.738. The molecule has 0 unspecified atom stereocenters. The first-order chi connectivity index (χ1) is 10.3. The third-order valence-corrected chi connectivity index (χ3v) is 4.42. The lowest BCUT2D eigenvalue weighted by atomic mass is 10.1. The van der Waals surface area contributed by atoms with Crippen LogP contribution in [-0.2, 0) is 11.3 Å². The van der Waals surface area contributed by atoms with E-state index in [0.717, 1.165) is 50.5 Å². The molecule has 3 heterocycles. The van der Waals surface area contributed by atoms with E-state index in [9.17, 15) is 4.79 Å². The largest absolute Gasteiger partial charge is 0.385 e. The maximum atomic E-state index is 12.3. The topological polar surface area (TPSA) is 45.7 Å². The zero-order valence-corrected chi connectivity index (χ0v) is 12.6. The average molecular weight is 289 g/mol. The van der Waals surface area contributed by atoms with Crippen LogP contribution in [0.2, 0.25) is 0 Å². The quantitative estimate of drug-likeness (QED) is 0.743. The maximum Gasteiger partial charge on any atom is 0.256 e. The van der Waals surface area contributed by atoms with E-state index in [-0.39, 0.29) is 5.91 Å². The van der Waals surface area contributed by atoms with Gasteiger partial charge in [-0.1, -0.05) is 0 Å². The van der Waals surface area contributed by atoms with E-state index < -0.39 is 0 Å². The van der Waals surface area contributed by atoms with Crippen molar-refractivity contribution < 1.29 is 9.53 Å². The third kappa shape index (κ3) is 3.24. The summed E-state index contributed by atoms with van der Waals surface area (Å²) in [7, 11) is 1.75. The number of ether oxygens (including phenoxy) is 1. The van der Waals surface area contributed by atoms with Crippen LogP contribution in [0.3, 0.4) is 0 Å². The van der Waals surface area contributed by atoms with Gasteiger partial charge in [-0.3, -0.25) is 9.78 Å². The predicted octanol–water partition coefficient (Wildman–Crippen LogP) is 1.40. The van der Waals surface area contributed by atoms with Crippen LogP contribution in [0.1, 0.15) is 28.9 Å². The molecule has 1 saturated heterocycles. The van der Waals surface area contributed by atoms with Gasteiger partial charge in [-0.25, -0.2) is 0 Å². The van der Waals surface area contributed by atoms with E-state index in [4.69, 9.17) is 4.74 Å². The van der Waals surface area contributed by atoms with Crippen molar-refractivity contribution in [3.8, 4) is 0 Å². The number of amides is 1. The van der Waals surface area contributed by atoms with Gasteiger partial charge < -0.3 is 14.5 Å². The van der Waals surface area contributed by atoms with Gasteiger partial charge in [0.05, 0.1) is 17.8 Å². The molecule has 1 aromatic heterocycles. The van der Waals surface area contributed by atoms with E-state index >= 15 is 0 Å². The van der Waals surface area contributed by atoms with Crippen LogP contribution in [0.25, 0.3) is 0 Å². The summed E-state index contributed by atoms with van der Waals surface area (Å²) in [5.41, 5.74) is 1.71. The molecule has 2 aliphatic heterocycles. The zero-order chi connectivity index (χ0) is 14.7. The second kappa shape index (κ2) is 6.54. The highest BCUT2D eigenvalue weighted by atomic mass is 16.5. The summed E-state index contributed by atoms with van der Waals surface area (Å²) in [5, 5.41) is 0. The summed E-state index contributed by atoms with van der Waals surface area (Å²) in [4.78, 5) is 21.1. The highest BCUT2D eigenvalue weighted by Crippen LogP contribution is 2.24. The van der Waals surface area contributed by atoms with Crippen molar-refractivity contribution in [3.63, 3.8) is 0 Å². The lowest BCUT2D eigenvalue weighted by Gasteiger charge is -2.21. The van der Waals surface area contributed by atoms with E-state index in [1.807, 2.05) is 17.0 Å². The molecule has 114 valence electrons. The first-order valence-electron chi connectivity index (χ1n) is 7.72. The number of pyridine rings is 1. The summed E-state index contributed by atoms with van der Waals surface area (Å²) in [6.07, 6.45) is 4.03. The normalized spacial score (nSPS) is 22.0. The summed E-state index contributed by atoms with van der Waals surface area (Å²) >= 11 is 0. The van der Waals surface area contributed by atoms with Gasteiger partial charge in [0.1, 0.15) is 0 Å². The van der Waals surface area contributed by atoms with Gasteiger partial charge in [-0.05, 0) is 37.4 Å². The number of hydrogen-bond donors (Lipinski definition) is 0. The minimum atomic E-state index is 0.149. The van der Waals surface area contributed by atoms with E-state index in [0.29, 0.717) is 12.5 Å². The summed E-state index contributed by atoms with van der Waals surface area (Å²) in [6.45, 7) is 5.69. The Morgan fingerprint density at radius 1 is 1.48 bits per heavy atom. The fourth-order valence-electron chi connectivity index (χ4n) is 3.34. The van der Waals surface area contributed by atoms with Gasteiger partial charge in [0, 0.05) is 39.5 Å². The second-order valence-electron chi connectivity index (χ2n) is 5.98. The number of carbonyl (C=O) groups excluding carboxylic acids is 1. The van der Waals surface area contributed by atoms with Gasteiger partial charge in [-0.2, -0.15) is 0 Å². The van der Waals surface area contributed by atoms with Crippen LogP contribution in [0.4, 0.5) is 0 Å². The average Bonchev–Trinajstić information content (AvgIpc) is 3.06. The Morgan fingerprint density at radius 3 is 3.19 bits per heavy atom. The van der Waals surface area contributed by atoms with Crippen LogP contribution in [0.15, 0.2) is 18.3 Å². The number of fused-ring (bicyclic) bond motifs is 1. The fraction of sp³-hybridized carbons (Fsp3) is 0.625. The molecule has 0 saturated carbocycles. The molecule has 1 fully saturated rings. The highest BCUT2D eigenvalue weighted by molar-refractivity contribution is 5.97. The monoisotopic (exact) mass is 289 g/mol. The molecule has 5 nitrogen and oxygen atoms in total. The van der Waals surface area contributed by atoms with Crippen LogP contribution in [0, 0.1) is 5.92 Å². The minimum absolute atomic E-state index is 0.149. The highest BCUT2D eigenvalue weighted by Gasteiger charge is 2.32. The van der Waals surface area contributed by atoms with Crippen molar-refractivity contribution in [1.82, 2.24) is 14.8 Å². The Kier molecular flexibility index (Phi) is 4.51. The first kappa shape index (κ1) is 14.5. The molecular formula is C16H23N3O2. The Balaban J connectivity index is 1.49. The molecule has 0 radical (unpaired) electrons. The van der Waals surface area contributed by atoms with E-state index in [1.54, 1.807) is 13.3 Å². The molecule has 0 aliphatic carbocycles. The molecule has 0 spiro atoms. The number of rotatable bonds is 6. The molecular weight excluding hydrogens is 266 g/mol. The second-order valence-corrected chi connectivity index (χ2v) is 5.98. The number of carbonyl (C=O) groups is 1. The van der Waals surface area contributed by atoms with Crippen molar-refractivity contribution in [2.45, 2.75) is 19.4 Å². The minimum Gasteiger partial charge on any atom is -0.385 e. The van der Waals surface area contributed by atoms with Crippen molar-refractivity contribution in [2.24, 2.45) is 5.92 Å². The van der Waals surface area contributed by atoms with E-state index in [2.05, 4.69) is 9.88 Å². The lowest BCUT2D eigenvalue weighted by Crippen LogP contribution is -2.31. The van der Waals surface area contributed by atoms with Gasteiger partial charge in [0.2, 0.25) is 0 Å². The van der Waals surface area contributed by atoms with Crippen LogP contribution in [0.5, 0.6) is 0 Å². The van der Waals surface area contributed by atoms with Crippen LogP contribution >= 0.6 is 0 Å². The Labute approximate surface area is 125 Å². The molecule has 0 bridgehead atoms. The number of methoxy groups -OCH3 is 1. The molecule has 1 aromatic rings. The Hall–Kier alpha value is -1.46. The first-order valence-corrected chi connectivity index (χ1v) is 7.72. The zero-order valence-electron chi connectivity index (χ0n) is 12.6. The predicted molar refractivity (Wildman–Crippen MR) is 80.0 cm³/mol. The van der Waals surface area contributed by atoms with Gasteiger partial charge in [0.15, 0.2) is 0 Å². The van der Waals surface area contributed by atoms with Crippen LogP contribution < -0.4 is 0 Å². The number of likely N-dealkylation sites (tertiary alicyclic amines) is 1. The standard InChI is InChI=1S/C16H23N3O2/c1-21-9-3-7-18-8-5-13(10-18)11-19-12-15-14(16(19)20)4-2-6-17-15/h2,4,6,13H,3,5,7-12H2,1H3/t13-/m1/s1. The third-order valence-electron chi connectivity index (χ3n) is 4.42. The van der Waals surface area contributed by atoms with E-state index in [1.165, 1.54) is 6.42 Å². The van der Waals surface area contributed by atoms with Crippen molar-refractivity contribution >= 4 is 5.91 Å². The molecule has 1 atom stereocenters. The molecule has 5 heteroatoms. The molecule has 0 aromatic carbocycles. The maximum absolute atomic E-state index is 12.3. The molecule has 0 N–H and O–H groups in total. The smallest absolute Gasteiger partial charge is 0.256 e. The number of nitrogens with zero attached hydrogens (tertiary/aromatic N) is 3. The van der Waals surface area contributed by atoms with Gasteiger partial charge >= 0.3 is 0 Å². The summed E-state index contributed by atoms with van der Waals surface area (Å²) in [6, 6.07) is 3.73. The fourth-order valence-corrected chi connectivity index (χ4v) is 3.34. The number of hydrogen-bond acceptors (Lipinski definition) is 4. The molecule has 3 rings (SSSR count). The van der Waals surface area contributed by atoms with Crippen LogP contribution in [-0.4, -0.2) is 60.6 Å². The number of aromatic nitrogens is 1. The SMILES string of the molecule is COCCCN1CC[C@@H](CN2Cc3ncccc3C2=O)C1. The van der Waals surface area contributed by atoms with Crippen molar-refractivity contribution in [3.05, 3.63) is 29.6 Å². The molecule has 21 heavy (non-hydrogen) atoms. The molecule has 1 amide bonds. The Morgan fingerprint density at radius 2 is 2.38 bits per heavy atom. The summed E-state index contributed by atoms with van der Waals surface area (Å²) < 4.78 is 5.10. The lowest BCUT2D eigenvalue weighted by molar-refractivity contribution is 0.0752. The molecule has 2 aliphatic rings. The Bertz CT molecular complexity index is 506. The van der Waals surface area contributed by atoms with Crippen molar-refractivity contribution in [1.29, 1.82) is 0 Å². The van der Waals surface area contributed by atoms with Gasteiger partial charge in [0.25, 0.3) is 5.91 Å².